The SMILES string of the molecule is CCC(C)C1C(O)C2OC(C(OC(=O)N3CCC3)C(C)C)CC(C)C2C1(C)CC. The molecule has 0 aromatic carbocycles. The second-order valence-electron chi connectivity index (χ2n) is 10.6. The number of aliphatic hydroxyl groups is 1. The Balaban J connectivity index is 1.81. The zero-order valence-corrected chi connectivity index (χ0v) is 19.6. The first kappa shape index (κ1) is 22.9. The summed E-state index contributed by atoms with van der Waals surface area (Å²) in [6.07, 6.45) is 2.80. The van der Waals surface area contributed by atoms with Gasteiger partial charge in [-0.15, -0.1) is 0 Å². The molecule has 9 atom stereocenters. The van der Waals surface area contributed by atoms with E-state index >= 15 is 0 Å². The molecular weight excluding hydrogens is 366 g/mol. The molecule has 1 amide bonds. The maximum absolute atomic E-state index is 12.5. The quantitative estimate of drug-likeness (QED) is 0.690. The molecule has 0 aromatic heterocycles. The molecule has 5 heteroatoms. The van der Waals surface area contributed by atoms with E-state index in [1.54, 1.807) is 4.90 Å². The van der Waals surface area contributed by atoms with Gasteiger partial charge in [0.15, 0.2) is 0 Å². The number of fused-ring (bicyclic) bond motifs is 1. The number of likely N-dealkylation sites (tertiary alicyclic amines) is 1. The van der Waals surface area contributed by atoms with Gasteiger partial charge in [0, 0.05) is 13.1 Å². The first-order valence-corrected chi connectivity index (χ1v) is 11.9. The monoisotopic (exact) mass is 409 g/mol. The number of carbonyl (C=O) groups excluding carboxylic acids is 1. The van der Waals surface area contributed by atoms with Crippen LogP contribution in [0.25, 0.3) is 0 Å². The Morgan fingerprint density at radius 2 is 1.93 bits per heavy atom. The third-order valence-corrected chi connectivity index (χ3v) is 8.52. The molecule has 0 radical (unpaired) electrons. The van der Waals surface area contributed by atoms with Crippen molar-refractivity contribution in [1.29, 1.82) is 0 Å². The number of nitrogens with zero attached hydrogens (tertiary/aromatic N) is 1. The zero-order chi connectivity index (χ0) is 21.5. The van der Waals surface area contributed by atoms with E-state index in [4.69, 9.17) is 9.47 Å². The highest BCUT2D eigenvalue weighted by Gasteiger charge is 2.62. The Kier molecular flexibility index (Phi) is 6.89. The van der Waals surface area contributed by atoms with Gasteiger partial charge in [0.1, 0.15) is 6.10 Å². The first-order chi connectivity index (χ1) is 13.7. The van der Waals surface area contributed by atoms with Crippen molar-refractivity contribution in [2.75, 3.05) is 13.1 Å². The summed E-state index contributed by atoms with van der Waals surface area (Å²) in [4.78, 5) is 14.3. The van der Waals surface area contributed by atoms with Crippen molar-refractivity contribution >= 4 is 6.09 Å². The van der Waals surface area contributed by atoms with E-state index in [9.17, 15) is 9.90 Å². The molecule has 3 fully saturated rings. The van der Waals surface area contributed by atoms with Crippen LogP contribution in [-0.4, -0.2) is 53.6 Å². The van der Waals surface area contributed by atoms with E-state index in [1.807, 2.05) is 0 Å². The van der Waals surface area contributed by atoms with E-state index in [2.05, 4.69) is 48.5 Å². The first-order valence-electron chi connectivity index (χ1n) is 11.9. The van der Waals surface area contributed by atoms with Crippen molar-refractivity contribution < 1.29 is 19.4 Å². The lowest BCUT2D eigenvalue weighted by Gasteiger charge is -2.47. The van der Waals surface area contributed by atoms with Crippen LogP contribution in [0.2, 0.25) is 0 Å². The summed E-state index contributed by atoms with van der Waals surface area (Å²) in [7, 11) is 0. The zero-order valence-electron chi connectivity index (χ0n) is 19.6. The third kappa shape index (κ3) is 3.94. The fourth-order valence-corrected chi connectivity index (χ4v) is 6.57. The van der Waals surface area contributed by atoms with Crippen molar-refractivity contribution in [2.24, 2.45) is 35.0 Å². The Hall–Kier alpha value is -0.810. The van der Waals surface area contributed by atoms with Crippen LogP contribution < -0.4 is 0 Å². The minimum atomic E-state index is -0.455. The largest absolute Gasteiger partial charge is 0.443 e. The Bertz CT molecular complexity index is 577. The summed E-state index contributed by atoms with van der Waals surface area (Å²) in [5.41, 5.74) is 0.0749. The Morgan fingerprint density at radius 3 is 2.41 bits per heavy atom. The summed E-state index contributed by atoms with van der Waals surface area (Å²) < 4.78 is 12.6. The van der Waals surface area contributed by atoms with Crippen molar-refractivity contribution in [2.45, 2.75) is 98.6 Å². The molecule has 2 saturated heterocycles. The van der Waals surface area contributed by atoms with Crippen molar-refractivity contribution in [3.63, 3.8) is 0 Å². The van der Waals surface area contributed by atoms with Gasteiger partial charge in [-0.25, -0.2) is 4.79 Å². The molecule has 3 aliphatic rings. The molecule has 1 N–H and O–H groups in total. The molecule has 0 spiro atoms. The summed E-state index contributed by atoms with van der Waals surface area (Å²) in [5.74, 6) is 1.65. The molecule has 29 heavy (non-hydrogen) atoms. The molecule has 2 heterocycles. The lowest BCUT2D eigenvalue weighted by molar-refractivity contribution is -0.180. The highest BCUT2D eigenvalue weighted by molar-refractivity contribution is 5.68. The van der Waals surface area contributed by atoms with Gasteiger partial charge in [0.05, 0.1) is 18.3 Å². The van der Waals surface area contributed by atoms with Gasteiger partial charge in [-0.2, -0.15) is 0 Å². The fourth-order valence-electron chi connectivity index (χ4n) is 6.57. The van der Waals surface area contributed by atoms with Crippen molar-refractivity contribution in [3.05, 3.63) is 0 Å². The summed E-state index contributed by atoms with van der Waals surface area (Å²) >= 11 is 0. The Labute approximate surface area is 177 Å². The number of amides is 1. The average molecular weight is 410 g/mol. The van der Waals surface area contributed by atoms with Gasteiger partial charge in [0.2, 0.25) is 0 Å². The van der Waals surface area contributed by atoms with Crippen molar-refractivity contribution in [3.8, 4) is 0 Å². The predicted molar refractivity (Wildman–Crippen MR) is 115 cm³/mol. The van der Waals surface area contributed by atoms with Gasteiger partial charge >= 0.3 is 6.09 Å². The van der Waals surface area contributed by atoms with E-state index in [-0.39, 0.29) is 41.7 Å². The van der Waals surface area contributed by atoms with Crippen LogP contribution >= 0.6 is 0 Å². The highest BCUT2D eigenvalue weighted by Crippen LogP contribution is 2.59. The van der Waals surface area contributed by atoms with Crippen LogP contribution in [0, 0.1) is 35.0 Å². The molecule has 9 unspecified atom stereocenters. The van der Waals surface area contributed by atoms with E-state index in [0.29, 0.717) is 17.8 Å². The lowest BCUT2D eigenvalue weighted by Crippen LogP contribution is -2.52. The number of hydrogen-bond acceptors (Lipinski definition) is 4. The molecule has 1 aliphatic carbocycles. The van der Waals surface area contributed by atoms with Crippen LogP contribution in [0.15, 0.2) is 0 Å². The summed E-state index contributed by atoms with van der Waals surface area (Å²) in [5, 5.41) is 11.4. The molecule has 0 bridgehead atoms. The van der Waals surface area contributed by atoms with Crippen LogP contribution in [0.5, 0.6) is 0 Å². The number of aliphatic hydroxyl groups excluding tert-OH is 1. The third-order valence-electron chi connectivity index (χ3n) is 8.52. The lowest BCUT2D eigenvalue weighted by atomic mass is 9.62. The van der Waals surface area contributed by atoms with E-state index < -0.39 is 6.10 Å². The average Bonchev–Trinajstić information content (AvgIpc) is 2.85. The minimum absolute atomic E-state index is 0.0749. The maximum Gasteiger partial charge on any atom is 0.410 e. The molecule has 3 rings (SSSR count). The molecular formula is C24H43NO4. The number of carbonyl (C=O) groups is 1. The van der Waals surface area contributed by atoms with Crippen molar-refractivity contribution in [1.82, 2.24) is 4.90 Å². The molecule has 1 saturated carbocycles. The predicted octanol–water partition coefficient (Wildman–Crippen LogP) is 4.72. The number of rotatable bonds is 6. The van der Waals surface area contributed by atoms with Gasteiger partial charge < -0.3 is 19.5 Å². The van der Waals surface area contributed by atoms with Gasteiger partial charge in [-0.3, -0.25) is 0 Å². The molecule has 168 valence electrons. The summed E-state index contributed by atoms with van der Waals surface area (Å²) in [6.45, 7) is 17.2. The fraction of sp³-hybridized carbons (Fsp3) is 0.958. The molecule has 2 aliphatic heterocycles. The molecule has 5 nitrogen and oxygen atoms in total. The van der Waals surface area contributed by atoms with E-state index in [1.165, 1.54) is 0 Å². The minimum Gasteiger partial charge on any atom is -0.443 e. The van der Waals surface area contributed by atoms with Gasteiger partial charge in [-0.1, -0.05) is 54.9 Å². The second kappa shape index (κ2) is 8.74. The number of hydrogen-bond donors (Lipinski definition) is 1. The highest BCUT2D eigenvalue weighted by atomic mass is 16.6. The normalized spacial score (nSPS) is 41.6. The summed E-state index contributed by atoms with van der Waals surface area (Å²) in [6, 6.07) is 0. The van der Waals surface area contributed by atoms with Gasteiger partial charge in [-0.05, 0) is 54.3 Å². The van der Waals surface area contributed by atoms with Gasteiger partial charge in [0.25, 0.3) is 0 Å². The number of ether oxygens (including phenoxy) is 2. The van der Waals surface area contributed by atoms with Crippen LogP contribution in [-0.2, 0) is 9.47 Å². The van der Waals surface area contributed by atoms with Crippen LogP contribution in [0.1, 0.15) is 74.1 Å². The van der Waals surface area contributed by atoms with Crippen LogP contribution in [0.4, 0.5) is 4.79 Å². The Morgan fingerprint density at radius 1 is 1.28 bits per heavy atom. The van der Waals surface area contributed by atoms with E-state index in [0.717, 1.165) is 38.8 Å². The standard InChI is InChI=1S/C24H43NO4/c1-8-15(5)18-20(26)22-19(24(18,7)9-2)16(6)13-17(28-22)21(14(3)4)29-23(27)25-11-10-12-25/h14-22,26H,8-13H2,1-7H3. The second-order valence-corrected chi connectivity index (χ2v) is 10.6. The smallest absolute Gasteiger partial charge is 0.410 e. The maximum atomic E-state index is 12.5. The molecule has 0 aromatic rings. The van der Waals surface area contributed by atoms with Crippen LogP contribution in [0.3, 0.4) is 0 Å². The topological polar surface area (TPSA) is 59.0 Å².